The van der Waals surface area contributed by atoms with Gasteiger partial charge in [-0.05, 0) is 153 Å². The van der Waals surface area contributed by atoms with Crippen LogP contribution in [0.5, 0.6) is 0 Å². The largest absolute Gasteiger partial charge is 0.372 e. The molecule has 0 saturated heterocycles. The van der Waals surface area contributed by atoms with Crippen LogP contribution in [0.4, 0.5) is 39.8 Å². The van der Waals surface area contributed by atoms with Crippen LogP contribution >= 0.6 is 0 Å². The molecule has 1 atom stereocenters. The van der Waals surface area contributed by atoms with Crippen LogP contribution in [0.25, 0.3) is 66.1 Å². The number of anilines is 7. The number of benzene rings is 10. The molecule has 71 heavy (non-hydrogen) atoms. The number of aromatic nitrogens is 1. The average molecular weight is 911 g/mol. The third-order valence-corrected chi connectivity index (χ3v) is 13.7. The molecule has 1 aliphatic heterocycles. The molecule has 1 unspecified atom stereocenters. The van der Waals surface area contributed by atoms with Crippen LogP contribution in [-0.2, 0) is 0 Å². The summed E-state index contributed by atoms with van der Waals surface area (Å²) in [6.45, 7) is 6.02. The van der Waals surface area contributed by atoms with Gasteiger partial charge in [0.2, 0.25) is 0 Å². The quantitative estimate of drug-likeness (QED) is 0.103. The van der Waals surface area contributed by atoms with Gasteiger partial charge in [0.05, 0.1) is 22.8 Å². The van der Waals surface area contributed by atoms with Crippen LogP contribution in [0.1, 0.15) is 29.7 Å². The summed E-state index contributed by atoms with van der Waals surface area (Å²) in [6, 6.07) is 80.8. The molecule has 1 N–H and O–H groups in total. The van der Waals surface area contributed by atoms with Crippen LogP contribution < -0.4 is 15.1 Å². The molecular formula is C67H50N4. The van der Waals surface area contributed by atoms with Crippen molar-refractivity contribution in [1.82, 2.24) is 4.98 Å². The van der Waals surface area contributed by atoms with E-state index in [2.05, 4.69) is 271 Å². The smallest absolute Gasteiger partial charge is 0.0953 e. The number of nitrogens with one attached hydrogen (secondary N) is 1. The number of hydrogen-bond donors (Lipinski definition) is 1. The number of rotatable bonds is 11. The summed E-state index contributed by atoms with van der Waals surface area (Å²) in [5, 5.41) is 11.0. The Bertz CT molecular complexity index is 3830. The molecule has 12 rings (SSSR count). The molecule has 0 radical (unpaired) electrons. The zero-order valence-electron chi connectivity index (χ0n) is 39.5. The number of para-hydroxylation sites is 3. The van der Waals surface area contributed by atoms with Crippen molar-refractivity contribution < 1.29 is 0 Å². The van der Waals surface area contributed by atoms with Gasteiger partial charge in [-0.3, -0.25) is 0 Å². The van der Waals surface area contributed by atoms with Crippen LogP contribution in [0.3, 0.4) is 0 Å². The van der Waals surface area contributed by atoms with E-state index in [1.54, 1.807) is 6.08 Å². The van der Waals surface area contributed by atoms with E-state index >= 15 is 0 Å². The lowest BCUT2D eigenvalue weighted by molar-refractivity contribution is 0.984. The first-order chi connectivity index (χ1) is 35.1. The Balaban J connectivity index is 0.844. The van der Waals surface area contributed by atoms with Gasteiger partial charge in [0.1, 0.15) is 0 Å². The predicted octanol–water partition coefficient (Wildman–Crippen LogP) is 18.6. The molecule has 4 heteroatoms. The van der Waals surface area contributed by atoms with Crippen LogP contribution in [0, 0.1) is 0 Å². The van der Waals surface area contributed by atoms with Crippen LogP contribution in [0.2, 0.25) is 0 Å². The molecule has 0 saturated carbocycles. The molecule has 0 fully saturated rings. The minimum Gasteiger partial charge on any atom is -0.372 e. The van der Waals surface area contributed by atoms with Gasteiger partial charge < -0.3 is 15.1 Å². The monoisotopic (exact) mass is 910 g/mol. The summed E-state index contributed by atoms with van der Waals surface area (Å²) in [4.78, 5) is 9.92. The van der Waals surface area contributed by atoms with Crippen molar-refractivity contribution in [2.75, 3.05) is 15.1 Å². The first kappa shape index (κ1) is 43.1. The molecule has 0 amide bonds. The second kappa shape index (κ2) is 18.7. The zero-order valence-corrected chi connectivity index (χ0v) is 39.5. The standard InChI is InChI=1S/C67H50N4/c1-3-4-7-16-46(2)65-61-23-14-15-24-64(61)69-67-62(65)41-32-49-33-42-63(68-66(49)67)54-28-27-52-43-51(25-26-53(52)44-54)48-29-34-57(35-30-48)71(60-36-31-47-17-12-13-18-50(47)45-60)59-39-37-58(38-40-59)70(55-19-8-5-9-20-55)56-21-10-6-11-22-56/h3-45,63,68H,1H2,2H3/b7-4-,46-16+. The number of pyridine rings is 1. The SMILES string of the molecule is C=C/C=C\C=C(/C)c1c2ccccc2nc2c3c(ccc12)C=CC(c1ccc2cc(-c4ccc(N(c5ccc(N(c6ccccc6)c6ccccc6)cc5)c5ccc6ccccc6c5)cc4)ccc2c1)N3. The van der Waals surface area contributed by atoms with Gasteiger partial charge >= 0.3 is 0 Å². The van der Waals surface area contributed by atoms with Gasteiger partial charge in [-0.15, -0.1) is 0 Å². The summed E-state index contributed by atoms with van der Waals surface area (Å²) >= 11 is 0. The molecule has 0 spiro atoms. The van der Waals surface area contributed by atoms with Crippen molar-refractivity contribution in [1.29, 1.82) is 0 Å². The van der Waals surface area contributed by atoms with Gasteiger partial charge in [0, 0.05) is 44.9 Å². The summed E-state index contributed by atoms with van der Waals surface area (Å²) in [7, 11) is 0. The Labute approximate surface area is 415 Å². The van der Waals surface area contributed by atoms with E-state index in [0.29, 0.717) is 0 Å². The number of fused-ring (bicyclic) bond motifs is 6. The van der Waals surface area contributed by atoms with Gasteiger partial charge in [-0.1, -0.05) is 176 Å². The Morgan fingerprint density at radius 3 is 1.79 bits per heavy atom. The van der Waals surface area contributed by atoms with Crippen molar-refractivity contribution >= 4 is 94.8 Å². The number of allylic oxidation sites excluding steroid dienone is 5. The highest BCUT2D eigenvalue weighted by atomic mass is 15.2. The summed E-state index contributed by atoms with van der Waals surface area (Å²) in [6.07, 6.45) is 12.5. The number of hydrogen-bond acceptors (Lipinski definition) is 4. The Kier molecular flexibility index (Phi) is 11.3. The van der Waals surface area contributed by atoms with Crippen molar-refractivity contribution in [3.05, 3.63) is 278 Å². The molecule has 1 aromatic heterocycles. The van der Waals surface area contributed by atoms with E-state index < -0.39 is 0 Å². The average Bonchev–Trinajstić information content (AvgIpc) is 3.43. The van der Waals surface area contributed by atoms with Gasteiger partial charge in [0.15, 0.2) is 0 Å². The minimum atomic E-state index is -0.0120. The van der Waals surface area contributed by atoms with E-state index in [0.717, 1.165) is 72.7 Å². The molecule has 4 nitrogen and oxygen atoms in total. The lowest BCUT2D eigenvalue weighted by atomic mass is 9.92. The highest BCUT2D eigenvalue weighted by Gasteiger charge is 2.22. The van der Waals surface area contributed by atoms with Crippen LogP contribution in [0.15, 0.2) is 261 Å². The maximum atomic E-state index is 5.27. The summed E-state index contributed by atoms with van der Waals surface area (Å²) in [5.74, 6) is 0. The van der Waals surface area contributed by atoms with E-state index in [1.807, 2.05) is 12.2 Å². The first-order valence-electron chi connectivity index (χ1n) is 24.3. The third-order valence-electron chi connectivity index (χ3n) is 13.7. The second-order valence-electron chi connectivity index (χ2n) is 18.1. The maximum Gasteiger partial charge on any atom is 0.0953 e. The van der Waals surface area contributed by atoms with Crippen LogP contribution in [-0.4, -0.2) is 4.98 Å². The molecule has 11 aromatic rings. The lowest BCUT2D eigenvalue weighted by Crippen LogP contribution is -2.13. The van der Waals surface area contributed by atoms with Crippen molar-refractivity contribution in [3.63, 3.8) is 0 Å². The number of nitrogens with zero attached hydrogens (tertiary/aromatic N) is 3. The fourth-order valence-corrected chi connectivity index (χ4v) is 10.2. The van der Waals surface area contributed by atoms with Crippen molar-refractivity contribution in [2.45, 2.75) is 13.0 Å². The van der Waals surface area contributed by atoms with Crippen molar-refractivity contribution in [3.8, 4) is 11.1 Å². The Morgan fingerprint density at radius 2 is 1.06 bits per heavy atom. The van der Waals surface area contributed by atoms with Gasteiger partial charge in [-0.25, -0.2) is 4.98 Å². The lowest BCUT2D eigenvalue weighted by Gasteiger charge is -2.28. The van der Waals surface area contributed by atoms with E-state index in [-0.39, 0.29) is 6.04 Å². The topological polar surface area (TPSA) is 31.4 Å². The Morgan fingerprint density at radius 1 is 0.493 bits per heavy atom. The molecule has 2 heterocycles. The van der Waals surface area contributed by atoms with Gasteiger partial charge in [-0.2, -0.15) is 0 Å². The fraction of sp³-hybridized carbons (Fsp3) is 0.0299. The Hall–Kier alpha value is -9.25. The van der Waals surface area contributed by atoms with E-state index in [9.17, 15) is 0 Å². The summed E-state index contributed by atoms with van der Waals surface area (Å²) < 4.78 is 0. The zero-order chi connectivity index (χ0) is 47.7. The molecule has 0 bridgehead atoms. The van der Waals surface area contributed by atoms with Crippen molar-refractivity contribution in [2.24, 2.45) is 0 Å². The molecular weight excluding hydrogens is 861 g/mol. The minimum absolute atomic E-state index is 0.0120. The van der Waals surface area contributed by atoms with E-state index in [4.69, 9.17) is 4.98 Å². The highest BCUT2D eigenvalue weighted by molar-refractivity contribution is 6.10. The maximum absolute atomic E-state index is 5.27. The first-order valence-corrected chi connectivity index (χ1v) is 24.3. The second-order valence-corrected chi connectivity index (χ2v) is 18.1. The normalized spacial score (nSPS) is 13.4. The molecule has 10 aromatic carbocycles. The van der Waals surface area contributed by atoms with E-state index in [1.165, 1.54) is 43.8 Å². The molecule has 0 aliphatic carbocycles. The predicted molar refractivity (Wildman–Crippen MR) is 304 cm³/mol. The summed E-state index contributed by atoms with van der Waals surface area (Å²) in [5.41, 5.74) is 16.7. The fourth-order valence-electron chi connectivity index (χ4n) is 10.2. The van der Waals surface area contributed by atoms with Gasteiger partial charge in [0.25, 0.3) is 0 Å². The molecule has 1 aliphatic rings. The highest BCUT2D eigenvalue weighted by Crippen LogP contribution is 2.43. The molecule has 338 valence electrons. The third kappa shape index (κ3) is 8.32.